The Kier molecular flexibility index (Phi) is 5.77. The topological polar surface area (TPSA) is 30.0 Å². The second kappa shape index (κ2) is 9.80. The van der Waals surface area contributed by atoms with Crippen LogP contribution in [0.3, 0.4) is 0 Å². The van der Waals surface area contributed by atoms with E-state index in [-0.39, 0.29) is 0 Å². The van der Waals surface area contributed by atoms with Crippen LogP contribution in [-0.2, 0) is 4.57 Å². The molecule has 0 radical (unpaired) electrons. The molecule has 0 fully saturated rings. The molecule has 0 spiro atoms. The largest absolute Gasteiger partial charge is 0.309 e. The van der Waals surface area contributed by atoms with Gasteiger partial charge in [-0.05, 0) is 50.2 Å². The van der Waals surface area contributed by atoms with E-state index >= 15 is 4.57 Å². The Morgan fingerprint density at radius 2 is 1.12 bits per heavy atom. The second-order valence-corrected chi connectivity index (χ2v) is 13.4. The minimum atomic E-state index is -3.16. The van der Waals surface area contributed by atoms with Crippen molar-refractivity contribution in [1.29, 1.82) is 0 Å². The first-order valence-corrected chi connectivity index (χ1v) is 15.9. The summed E-state index contributed by atoms with van der Waals surface area (Å²) in [5.41, 5.74) is 3.24. The van der Waals surface area contributed by atoms with Crippen LogP contribution in [-0.4, -0.2) is 4.98 Å². The standard InChI is InChI=1S/C39H26NOP/c41-42(31-14-2-1-3-15-31,37-18-8-12-27-10-4-6-16-33(27)37)32-22-19-29(20-23-32)36-26-30-13-9-25-40-39(30)38-34-17-7-5-11-28(34)21-24-35(36)38/h1-26H. The molecule has 0 amide bonds. The maximum Gasteiger partial charge on any atom is 0.171 e. The Balaban J connectivity index is 1.36. The van der Waals surface area contributed by atoms with E-state index < -0.39 is 7.14 Å². The zero-order chi connectivity index (χ0) is 28.1. The van der Waals surface area contributed by atoms with Gasteiger partial charge in [0.25, 0.3) is 0 Å². The summed E-state index contributed by atoms with van der Waals surface area (Å²) < 4.78 is 15.4. The third-order valence-corrected chi connectivity index (χ3v) is 11.5. The Morgan fingerprint density at radius 3 is 1.93 bits per heavy atom. The maximum atomic E-state index is 15.4. The summed E-state index contributed by atoms with van der Waals surface area (Å²) in [6.45, 7) is 0. The van der Waals surface area contributed by atoms with Gasteiger partial charge in [0.2, 0.25) is 0 Å². The summed E-state index contributed by atoms with van der Waals surface area (Å²) in [4.78, 5) is 4.80. The van der Waals surface area contributed by atoms with Crippen molar-refractivity contribution in [1.82, 2.24) is 4.98 Å². The first kappa shape index (κ1) is 24.7. The number of hydrogen-bond donors (Lipinski definition) is 0. The van der Waals surface area contributed by atoms with Crippen LogP contribution >= 0.6 is 7.14 Å². The predicted molar refractivity (Wildman–Crippen MR) is 179 cm³/mol. The first-order valence-electron chi connectivity index (χ1n) is 14.2. The minimum absolute atomic E-state index is 0.825. The highest BCUT2D eigenvalue weighted by Crippen LogP contribution is 2.45. The molecule has 8 rings (SSSR count). The lowest BCUT2D eigenvalue weighted by Gasteiger charge is -2.22. The van der Waals surface area contributed by atoms with Gasteiger partial charge in [-0.2, -0.15) is 0 Å². The van der Waals surface area contributed by atoms with Gasteiger partial charge in [-0.1, -0.05) is 140 Å². The highest BCUT2D eigenvalue weighted by Gasteiger charge is 2.31. The SMILES string of the molecule is O=P(c1ccccc1)(c1ccc(-c2cc3cccnc3c3c2ccc2ccccc23)cc1)c1cccc2ccccc12. The number of hydrogen-bond acceptors (Lipinski definition) is 2. The fourth-order valence-electron chi connectivity index (χ4n) is 6.37. The van der Waals surface area contributed by atoms with Gasteiger partial charge in [-0.3, -0.25) is 4.98 Å². The van der Waals surface area contributed by atoms with E-state index in [4.69, 9.17) is 4.98 Å². The third-order valence-electron chi connectivity index (χ3n) is 8.36. The van der Waals surface area contributed by atoms with Crippen molar-refractivity contribution >= 4 is 66.3 Å². The molecular formula is C39H26NOP. The van der Waals surface area contributed by atoms with E-state index in [2.05, 4.69) is 91.0 Å². The minimum Gasteiger partial charge on any atom is -0.309 e. The van der Waals surface area contributed by atoms with Gasteiger partial charge < -0.3 is 4.57 Å². The highest BCUT2D eigenvalue weighted by atomic mass is 31.2. The van der Waals surface area contributed by atoms with E-state index in [1.807, 2.05) is 66.9 Å². The maximum absolute atomic E-state index is 15.4. The molecule has 0 N–H and O–H groups in total. The molecule has 1 atom stereocenters. The van der Waals surface area contributed by atoms with Crippen LogP contribution in [0.4, 0.5) is 0 Å². The van der Waals surface area contributed by atoms with Crippen molar-refractivity contribution in [2.45, 2.75) is 0 Å². The zero-order valence-electron chi connectivity index (χ0n) is 22.8. The molecule has 8 aromatic rings. The van der Waals surface area contributed by atoms with Crippen molar-refractivity contribution < 1.29 is 4.57 Å². The second-order valence-electron chi connectivity index (χ2n) is 10.7. The van der Waals surface area contributed by atoms with Crippen LogP contribution in [0.1, 0.15) is 0 Å². The summed E-state index contributed by atoms with van der Waals surface area (Å²) >= 11 is 0. The Morgan fingerprint density at radius 1 is 0.476 bits per heavy atom. The number of fused-ring (bicyclic) bond motifs is 6. The number of benzene rings is 7. The van der Waals surface area contributed by atoms with Gasteiger partial charge in [0.15, 0.2) is 7.14 Å². The van der Waals surface area contributed by atoms with Crippen molar-refractivity contribution in [3.63, 3.8) is 0 Å². The summed E-state index contributed by atoms with van der Waals surface area (Å²) in [5, 5.41) is 10.5. The Labute approximate surface area is 244 Å². The lowest BCUT2D eigenvalue weighted by atomic mass is 9.92. The Bertz CT molecular complexity index is 2300. The molecule has 1 aromatic heterocycles. The fourth-order valence-corrected chi connectivity index (χ4v) is 9.22. The van der Waals surface area contributed by atoms with Gasteiger partial charge in [0, 0.05) is 32.9 Å². The number of aromatic nitrogens is 1. The highest BCUT2D eigenvalue weighted by molar-refractivity contribution is 7.85. The van der Waals surface area contributed by atoms with Gasteiger partial charge in [0.1, 0.15) is 0 Å². The van der Waals surface area contributed by atoms with Crippen molar-refractivity contribution in [2.24, 2.45) is 0 Å². The molecule has 0 aliphatic rings. The van der Waals surface area contributed by atoms with Crippen LogP contribution in [0.25, 0.3) is 54.3 Å². The van der Waals surface area contributed by atoms with E-state index in [1.165, 1.54) is 10.8 Å². The molecule has 2 nitrogen and oxygen atoms in total. The van der Waals surface area contributed by atoms with Crippen molar-refractivity contribution in [3.05, 3.63) is 158 Å². The number of pyridine rings is 1. The van der Waals surface area contributed by atoms with Crippen molar-refractivity contribution in [3.8, 4) is 11.1 Å². The monoisotopic (exact) mass is 555 g/mol. The van der Waals surface area contributed by atoms with Crippen LogP contribution in [0.2, 0.25) is 0 Å². The molecule has 42 heavy (non-hydrogen) atoms. The first-order chi connectivity index (χ1) is 20.7. The van der Waals surface area contributed by atoms with Gasteiger partial charge in [-0.15, -0.1) is 0 Å². The van der Waals surface area contributed by atoms with Crippen LogP contribution in [0.5, 0.6) is 0 Å². The summed E-state index contributed by atoms with van der Waals surface area (Å²) in [5.74, 6) is 0. The summed E-state index contributed by atoms with van der Waals surface area (Å²) in [6.07, 6.45) is 1.87. The average molecular weight is 556 g/mol. The van der Waals surface area contributed by atoms with Crippen LogP contribution < -0.4 is 15.9 Å². The van der Waals surface area contributed by atoms with E-state index in [0.717, 1.165) is 59.5 Å². The molecule has 0 saturated carbocycles. The van der Waals surface area contributed by atoms with E-state index in [1.54, 1.807) is 0 Å². The molecule has 0 aliphatic carbocycles. The molecule has 1 unspecified atom stereocenters. The zero-order valence-corrected chi connectivity index (χ0v) is 23.7. The lowest BCUT2D eigenvalue weighted by Crippen LogP contribution is -2.25. The fraction of sp³-hybridized carbons (Fsp3) is 0. The molecule has 0 aliphatic heterocycles. The number of nitrogens with zero attached hydrogens (tertiary/aromatic N) is 1. The van der Waals surface area contributed by atoms with Gasteiger partial charge in [-0.25, -0.2) is 0 Å². The normalized spacial score (nSPS) is 13.0. The Hall–Kier alpha value is -5.04. The third kappa shape index (κ3) is 3.80. The smallest absolute Gasteiger partial charge is 0.171 e. The van der Waals surface area contributed by atoms with Crippen molar-refractivity contribution in [2.75, 3.05) is 0 Å². The van der Waals surface area contributed by atoms with Crippen LogP contribution in [0.15, 0.2) is 158 Å². The molecule has 7 aromatic carbocycles. The molecule has 0 bridgehead atoms. The molecule has 1 heterocycles. The summed E-state index contributed by atoms with van der Waals surface area (Å²) in [7, 11) is -3.16. The summed E-state index contributed by atoms with van der Waals surface area (Å²) in [6, 6.07) is 51.9. The molecule has 3 heteroatoms. The lowest BCUT2D eigenvalue weighted by molar-refractivity contribution is 0.592. The molecule has 198 valence electrons. The quantitative estimate of drug-likeness (QED) is 0.160. The molecular weight excluding hydrogens is 529 g/mol. The van der Waals surface area contributed by atoms with Gasteiger partial charge in [0.05, 0.1) is 5.52 Å². The number of rotatable bonds is 4. The van der Waals surface area contributed by atoms with E-state index in [9.17, 15) is 0 Å². The van der Waals surface area contributed by atoms with E-state index in [0.29, 0.717) is 0 Å². The average Bonchev–Trinajstić information content (AvgIpc) is 3.07. The molecule has 0 saturated heterocycles. The van der Waals surface area contributed by atoms with Gasteiger partial charge >= 0.3 is 0 Å². The van der Waals surface area contributed by atoms with Crippen LogP contribution in [0, 0.1) is 0 Å². The predicted octanol–water partition coefficient (Wildman–Crippen LogP) is 9.00.